The van der Waals surface area contributed by atoms with Gasteiger partial charge < -0.3 is 10.0 Å². The summed E-state index contributed by atoms with van der Waals surface area (Å²) >= 11 is 5.51. The van der Waals surface area contributed by atoms with Gasteiger partial charge in [-0.05, 0) is 24.4 Å². The quantitative estimate of drug-likeness (QED) is 0.801. The summed E-state index contributed by atoms with van der Waals surface area (Å²) in [5, 5.41) is 8.92. The van der Waals surface area contributed by atoms with Crippen LogP contribution in [-0.2, 0) is 6.18 Å². The second-order valence-corrected chi connectivity index (χ2v) is 4.43. The Morgan fingerprint density at radius 1 is 1.28 bits per heavy atom. The zero-order chi connectivity index (χ0) is 13.3. The molecule has 0 saturated carbocycles. The lowest BCUT2D eigenvalue weighted by molar-refractivity contribution is -0.141. The van der Waals surface area contributed by atoms with Gasteiger partial charge in [0.25, 0.3) is 0 Å². The number of piperidine rings is 1. The monoisotopic (exact) mass is 281 g/mol. The van der Waals surface area contributed by atoms with Gasteiger partial charge in [0.15, 0.2) is 5.69 Å². The van der Waals surface area contributed by atoms with E-state index in [1.54, 1.807) is 4.90 Å². The fourth-order valence-electron chi connectivity index (χ4n) is 1.81. The molecule has 2 heterocycles. The normalized spacial score (nSPS) is 18.2. The van der Waals surface area contributed by atoms with E-state index >= 15 is 0 Å². The Labute approximate surface area is 106 Å². The largest absolute Gasteiger partial charge is 0.433 e. The van der Waals surface area contributed by atoms with Crippen LogP contribution in [0.5, 0.6) is 0 Å². The van der Waals surface area contributed by atoms with E-state index < -0.39 is 23.3 Å². The van der Waals surface area contributed by atoms with Crippen molar-refractivity contribution in [3.63, 3.8) is 0 Å². The molecule has 100 valence electrons. The first-order chi connectivity index (χ1) is 8.36. The lowest BCUT2D eigenvalue weighted by Crippen LogP contribution is -2.36. The highest BCUT2D eigenvalue weighted by molar-refractivity contribution is 6.28. The van der Waals surface area contributed by atoms with Crippen molar-refractivity contribution in [3.05, 3.63) is 17.0 Å². The molecule has 1 saturated heterocycles. The van der Waals surface area contributed by atoms with Crippen LogP contribution in [0.2, 0.25) is 5.28 Å². The third-order valence-corrected chi connectivity index (χ3v) is 2.93. The van der Waals surface area contributed by atoms with Gasteiger partial charge in [0.05, 0.1) is 6.10 Å². The standard InChI is InChI=1S/C10H11ClF3N3O/c11-9-15-7(10(12,13)14)5-8(16-9)17-3-1-6(18)2-4-17/h5-6,18H,1-4H2. The lowest BCUT2D eigenvalue weighted by atomic mass is 10.1. The number of hydrogen-bond acceptors (Lipinski definition) is 4. The van der Waals surface area contributed by atoms with Crippen molar-refractivity contribution >= 4 is 17.4 Å². The molecule has 0 spiro atoms. The Bertz CT molecular complexity index is 433. The van der Waals surface area contributed by atoms with Crippen molar-refractivity contribution in [1.82, 2.24) is 9.97 Å². The van der Waals surface area contributed by atoms with Crippen molar-refractivity contribution < 1.29 is 18.3 Å². The van der Waals surface area contributed by atoms with Crippen LogP contribution >= 0.6 is 11.6 Å². The molecule has 0 amide bonds. The topological polar surface area (TPSA) is 49.2 Å². The fourth-order valence-corrected chi connectivity index (χ4v) is 1.99. The molecule has 1 aromatic rings. The number of nitrogens with zero attached hydrogens (tertiary/aromatic N) is 3. The summed E-state index contributed by atoms with van der Waals surface area (Å²) in [7, 11) is 0. The molecule has 0 aromatic carbocycles. The molecule has 2 rings (SSSR count). The Balaban J connectivity index is 2.25. The summed E-state index contributed by atoms with van der Waals surface area (Å²) in [6, 6.07) is 0.879. The summed E-state index contributed by atoms with van der Waals surface area (Å²) in [6.45, 7) is 0.900. The summed E-state index contributed by atoms with van der Waals surface area (Å²) < 4.78 is 37.7. The first kappa shape index (κ1) is 13.4. The van der Waals surface area contributed by atoms with Crippen molar-refractivity contribution in [1.29, 1.82) is 0 Å². The van der Waals surface area contributed by atoms with Gasteiger partial charge >= 0.3 is 6.18 Å². The van der Waals surface area contributed by atoms with E-state index in [1.807, 2.05) is 0 Å². The molecular formula is C10H11ClF3N3O. The van der Waals surface area contributed by atoms with Gasteiger partial charge in [-0.15, -0.1) is 0 Å². The van der Waals surface area contributed by atoms with Crippen LogP contribution in [0.15, 0.2) is 6.07 Å². The molecule has 0 unspecified atom stereocenters. The molecule has 1 aliphatic rings. The number of alkyl halides is 3. The number of aliphatic hydroxyl groups excluding tert-OH is 1. The Morgan fingerprint density at radius 2 is 1.89 bits per heavy atom. The van der Waals surface area contributed by atoms with Gasteiger partial charge in [0.2, 0.25) is 5.28 Å². The predicted molar refractivity (Wildman–Crippen MR) is 59.5 cm³/mol. The van der Waals surface area contributed by atoms with E-state index in [1.165, 1.54) is 0 Å². The van der Waals surface area contributed by atoms with Gasteiger partial charge in [0, 0.05) is 19.2 Å². The van der Waals surface area contributed by atoms with Gasteiger partial charge in [-0.1, -0.05) is 0 Å². The fraction of sp³-hybridized carbons (Fsp3) is 0.600. The van der Waals surface area contributed by atoms with Gasteiger partial charge in [-0.2, -0.15) is 13.2 Å². The first-order valence-corrected chi connectivity index (χ1v) is 5.79. The average Bonchev–Trinajstić information content (AvgIpc) is 2.28. The number of anilines is 1. The molecule has 1 aliphatic heterocycles. The van der Waals surface area contributed by atoms with E-state index in [0.29, 0.717) is 25.9 Å². The third-order valence-electron chi connectivity index (χ3n) is 2.76. The molecule has 18 heavy (non-hydrogen) atoms. The summed E-state index contributed by atoms with van der Waals surface area (Å²) in [5.41, 5.74) is -1.05. The predicted octanol–water partition coefficient (Wildman–Crippen LogP) is 2.11. The van der Waals surface area contributed by atoms with E-state index in [-0.39, 0.29) is 5.82 Å². The molecule has 0 aliphatic carbocycles. The maximum atomic E-state index is 12.6. The molecule has 0 atom stereocenters. The highest BCUT2D eigenvalue weighted by Gasteiger charge is 2.34. The Kier molecular flexibility index (Phi) is 3.63. The first-order valence-electron chi connectivity index (χ1n) is 5.41. The lowest BCUT2D eigenvalue weighted by Gasteiger charge is -2.30. The molecule has 0 radical (unpaired) electrons. The van der Waals surface area contributed by atoms with E-state index in [4.69, 9.17) is 11.6 Å². The van der Waals surface area contributed by atoms with Crippen molar-refractivity contribution in [3.8, 4) is 0 Å². The summed E-state index contributed by atoms with van der Waals surface area (Å²) in [6.07, 6.45) is -3.94. The van der Waals surface area contributed by atoms with Gasteiger partial charge in [-0.3, -0.25) is 0 Å². The number of aliphatic hydroxyl groups is 1. The second kappa shape index (κ2) is 4.89. The van der Waals surface area contributed by atoms with E-state index in [9.17, 15) is 18.3 Å². The van der Waals surface area contributed by atoms with Crippen molar-refractivity contribution in [2.24, 2.45) is 0 Å². The summed E-state index contributed by atoms with van der Waals surface area (Å²) in [5.74, 6) is 0.147. The Morgan fingerprint density at radius 3 is 2.44 bits per heavy atom. The van der Waals surface area contributed by atoms with Gasteiger partial charge in [-0.25, -0.2) is 9.97 Å². The minimum absolute atomic E-state index is 0.147. The van der Waals surface area contributed by atoms with Crippen LogP contribution in [0.4, 0.5) is 19.0 Å². The zero-order valence-electron chi connectivity index (χ0n) is 9.28. The van der Waals surface area contributed by atoms with Crippen LogP contribution in [0, 0.1) is 0 Å². The van der Waals surface area contributed by atoms with Crippen LogP contribution in [0.25, 0.3) is 0 Å². The SMILES string of the molecule is OC1CCN(c2cc(C(F)(F)F)nc(Cl)n2)CC1. The number of rotatable bonds is 1. The van der Waals surface area contributed by atoms with Gasteiger partial charge in [0.1, 0.15) is 5.82 Å². The van der Waals surface area contributed by atoms with Crippen molar-refractivity contribution in [2.45, 2.75) is 25.1 Å². The smallest absolute Gasteiger partial charge is 0.393 e. The summed E-state index contributed by atoms with van der Waals surface area (Å²) in [4.78, 5) is 8.63. The van der Waals surface area contributed by atoms with Crippen LogP contribution < -0.4 is 4.90 Å². The maximum Gasteiger partial charge on any atom is 0.433 e. The molecule has 8 heteroatoms. The van der Waals surface area contributed by atoms with Crippen LogP contribution in [0.3, 0.4) is 0 Å². The minimum Gasteiger partial charge on any atom is -0.393 e. The van der Waals surface area contributed by atoms with E-state index in [0.717, 1.165) is 6.07 Å². The number of hydrogen-bond donors (Lipinski definition) is 1. The molecule has 4 nitrogen and oxygen atoms in total. The van der Waals surface area contributed by atoms with Crippen molar-refractivity contribution in [2.75, 3.05) is 18.0 Å². The average molecular weight is 282 g/mol. The van der Waals surface area contributed by atoms with Crippen LogP contribution in [0.1, 0.15) is 18.5 Å². The third kappa shape index (κ3) is 3.02. The zero-order valence-corrected chi connectivity index (χ0v) is 10.0. The Hall–Kier alpha value is -1.08. The molecule has 0 bridgehead atoms. The maximum absolute atomic E-state index is 12.6. The molecular weight excluding hydrogens is 271 g/mol. The minimum atomic E-state index is -4.55. The molecule has 1 fully saturated rings. The molecule has 1 aromatic heterocycles. The van der Waals surface area contributed by atoms with Crippen LogP contribution in [-0.4, -0.2) is 34.3 Å². The number of aromatic nitrogens is 2. The second-order valence-electron chi connectivity index (χ2n) is 4.10. The number of halogens is 4. The highest BCUT2D eigenvalue weighted by Crippen LogP contribution is 2.31. The van der Waals surface area contributed by atoms with E-state index in [2.05, 4.69) is 9.97 Å². The molecule has 1 N–H and O–H groups in total. The highest BCUT2D eigenvalue weighted by atomic mass is 35.5.